The first-order valence-electron chi connectivity index (χ1n) is 8.94. The number of hydrogen-bond acceptors (Lipinski definition) is 6. The number of hydrogen-bond donors (Lipinski definition) is 0. The average molecular weight is 382 g/mol. The Hall–Kier alpha value is -2.02. The fraction of sp³-hybridized carbons (Fsp3) is 0.300. The van der Waals surface area contributed by atoms with Gasteiger partial charge in [0.25, 0.3) is 0 Å². The first-order valence-corrected chi connectivity index (χ1v) is 10.6. The third kappa shape index (κ3) is 3.09. The minimum atomic E-state index is 0.378. The Morgan fingerprint density at radius 1 is 1.12 bits per heavy atom. The van der Waals surface area contributed by atoms with E-state index >= 15 is 0 Å². The van der Waals surface area contributed by atoms with Gasteiger partial charge in [0.05, 0.1) is 26.8 Å². The molecule has 132 valence electrons. The molecule has 1 atom stereocenters. The average Bonchev–Trinajstić information content (AvgIpc) is 3.42. The molecule has 4 aromatic rings. The fourth-order valence-electron chi connectivity index (χ4n) is 3.59. The second-order valence-corrected chi connectivity index (χ2v) is 8.63. The van der Waals surface area contributed by atoms with Gasteiger partial charge in [-0.1, -0.05) is 24.6 Å². The molecule has 1 aromatic carbocycles. The van der Waals surface area contributed by atoms with Crippen LogP contribution in [0.2, 0.25) is 0 Å². The van der Waals surface area contributed by atoms with E-state index in [0.29, 0.717) is 6.04 Å². The molecule has 0 bridgehead atoms. The Morgan fingerprint density at radius 3 is 2.96 bits per heavy atom. The van der Waals surface area contributed by atoms with Crippen molar-refractivity contribution < 1.29 is 4.42 Å². The van der Waals surface area contributed by atoms with Crippen molar-refractivity contribution in [3.05, 3.63) is 58.7 Å². The molecular formula is C20H19N3OS2. The van der Waals surface area contributed by atoms with Gasteiger partial charge in [0.1, 0.15) is 11.3 Å². The number of aromatic nitrogens is 2. The van der Waals surface area contributed by atoms with E-state index < -0.39 is 0 Å². The number of likely N-dealkylation sites (tertiary alicyclic amines) is 1. The molecule has 4 nitrogen and oxygen atoms in total. The van der Waals surface area contributed by atoms with Crippen molar-refractivity contribution in [1.82, 2.24) is 14.9 Å². The summed E-state index contributed by atoms with van der Waals surface area (Å²) in [5, 5.41) is 3.28. The van der Waals surface area contributed by atoms with E-state index in [-0.39, 0.29) is 0 Å². The topological polar surface area (TPSA) is 42.2 Å². The highest BCUT2D eigenvalue weighted by Crippen LogP contribution is 2.36. The van der Waals surface area contributed by atoms with Crippen molar-refractivity contribution in [1.29, 1.82) is 0 Å². The number of fused-ring (bicyclic) bond motifs is 1. The van der Waals surface area contributed by atoms with Crippen LogP contribution in [-0.2, 0) is 6.54 Å². The SMILES string of the molecule is c1csc(-c2nc(CN3CCCC[C@H]3c3nc4ccccc4s3)co2)c1. The minimum Gasteiger partial charge on any atom is -0.444 e. The Balaban J connectivity index is 1.39. The zero-order chi connectivity index (χ0) is 17.3. The monoisotopic (exact) mass is 381 g/mol. The number of nitrogens with zero attached hydrogens (tertiary/aromatic N) is 3. The van der Waals surface area contributed by atoms with Gasteiger partial charge in [0.15, 0.2) is 0 Å². The Morgan fingerprint density at radius 2 is 2.08 bits per heavy atom. The quantitative estimate of drug-likeness (QED) is 0.452. The molecule has 3 aromatic heterocycles. The van der Waals surface area contributed by atoms with Gasteiger partial charge < -0.3 is 4.42 Å². The Kier molecular flexibility index (Phi) is 4.32. The number of rotatable bonds is 4. The van der Waals surface area contributed by atoms with E-state index in [4.69, 9.17) is 14.4 Å². The third-order valence-electron chi connectivity index (χ3n) is 4.86. The molecule has 6 heteroatoms. The molecular weight excluding hydrogens is 362 g/mol. The van der Waals surface area contributed by atoms with Crippen molar-refractivity contribution in [3.63, 3.8) is 0 Å². The largest absolute Gasteiger partial charge is 0.444 e. The molecule has 0 saturated carbocycles. The van der Waals surface area contributed by atoms with Crippen molar-refractivity contribution >= 4 is 32.9 Å². The van der Waals surface area contributed by atoms with Crippen LogP contribution in [-0.4, -0.2) is 21.4 Å². The van der Waals surface area contributed by atoms with E-state index in [1.54, 1.807) is 17.6 Å². The predicted molar refractivity (Wildman–Crippen MR) is 106 cm³/mol. The van der Waals surface area contributed by atoms with Crippen molar-refractivity contribution in [2.24, 2.45) is 0 Å². The van der Waals surface area contributed by atoms with E-state index in [1.807, 2.05) is 28.8 Å². The molecule has 4 heterocycles. The zero-order valence-corrected chi connectivity index (χ0v) is 15.9. The summed E-state index contributed by atoms with van der Waals surface area (Å²) in [4.78, 5) is 13.2. The summed E-state index contributed by atoms with van der Waals surface area (Å²) < 4.78 is 6.97. The van der Waals surface area contributed by atoms with Gasteiger partial charge in [-0.25, -0.2) is 9.97 Å². The molecule has 0 unspecified atom stereocenters. The maximum absolute atomic E-state index is 5.70. The lowest BCUT2D eigenvalue weighted by Gasteiger charge is -2.33. The van der Waals surface area contributed by atoms with Gasteiger partial charge in [-0.2, -0.15) is 0 Å². The molecule has 0 spiro atoms. The highest BCUT2D eigenvalue weighted by molar-refractivity contribution is 7.18. The molecule has 1 saturated heterocycles. The standard InChI is InChI=1S/C20H19N3OS2/c1-2-8-17-15(6-1)22-20(26-17)16-7-3-4-10-23(16)12-14-13-24-19(21-14)18-9-5-11-25-18/h1-2,5-6,8-9,11,13,16H,3-4,7,10,12H2/t16-/m0/s1. The van der Waals surface area contributed by atoms with Gasteiger partial charge in [0, 0.05) is 6.54 Å². The van der Waals surface area contributed by atoms with Crippen LogP contribution in [0, 0.1) is 0 Å². The third-order valence-corrected chi connectivity index (χ3v) is 6.85. The second kappa shape index (κ2) is 6.95. The highest BCUT2D eigenvalue weighted by Gasteiger charge is 2.27. The maximum Gasteiger partial charge on any atom is 0.236 e. The van der Waals surface area contributed by atoms with Crippen LogP contribution in [0.4, 0.5) is 0 Å². The molecule has 1 fully saturated rings. The van der Waals surface area contributed by atoms with Crippen LogP contribution in [0.15, 0.2) is 52.5 Å². The molecule has 1 aliphatic rings. The van der Waals surface area contributed by atoms with Crippen LogP contribution >= 0.6 is 22.7 Å². The normalized spacial score (nSPS) is 18.5. The first-order chi connectivity index (χ1) is 12.9. The molecule has 26 heavy (non-hydrogen) atoms. The molecule has 0 N–H and O–H groups in total. The predicted octanol–water partition coefficient (Wildman–Crippen LogP) is 5.74. The summed E-state index contributed by atoms with van der Waals surface area (Å²) in [5.74, 6) is 0.726. The summed E-state index contributed by atoms with van der Waals surface area (Å²) >= 11 is 3.48. The van der Waals surface area contributed by atoms with E-state index in [0.717, 1.165) is 41.5 Å². The van der Waals surface area contributed by atoms with Gasteiger partial charge in [-0.05, 0) is 43.0 Å². The minimum absolute atomic E-state index is 0.378. The van der Waals surface area contributed by atoms with Crippen LogP contribution in [0.3, 0.4) is 0 Å². The van der Waals surface area contributed by atoms with E-state index in [2.05, 4.69) is 29.2 Å². The summed E-state index contributed by atoms with van der Waals surface area (Å²) in [6.07, 6.45) is 5.46. The van der Waals surface area contributed by atoms with Gasteiger partial charge in [-0.15, -0.1) is 22.7 Å². The summed E-state index contributed by atoms with van der Waals surface area (Å²) in [6.45, 7) is 1.90. The van der Waals surface area contributed by atoms with Gasteiger partial charge >= 0.3 is 0 Å². The van der Waals surface area contributed by atoms with Crippen molar-refractivity contribution in [2.75, 3.05) is 6.54 Å². The fourth-order valence-corrected chi connectivity index (χ4v) is 5.39. The first kappa shape index (κ1) is 16.2. The number of para-hydroxylation sites is 1. The lowest BCUT2D eigenvalue weighted by Crippen LogP contribution is -2.33. The Labute approximate surface area is 160 Å². The maximum atomic E-state index is 5.70. The summed E-state index contributed by atoms with van der Waals surface area (Å²) in [7, 11) is 0. The molecule has 5 rings (SSSR count). The van der Waals surface area contributed by atoms with E-state index in [9.17, 15) is 0 Å². The zero-order valence-electron chi connectivity index (χ0n) is 14.3. The number of oxazole rings is 1. The second-order valence-electron chi connectivity index (χ2n) is 6.62. The van der Waals surface area contributed by atoms with Crippen LogP contribution < -0.4 is 0 Å². The van der Waals surface area contributed by atoms with Gasteiger partial charge in [-0.3, -0.25) is 4.90 Å². The number of thiazole rings is 1. The van der Waals surface area contributed by atoms with Crippen LogP contribution in [0.25, 0.3) is 21.0 Å². The molecule has 0 aliphatic carbocycles. The summed E-state index contributed by atoms with van der Waals surface area (Å²) in [6, 6.07) is 12.9. The van der Waals surface area contributed by atoms with Gasteiger partial charge in [0.2, 0.25) is 5.89 Å². The molecule has 1 aliphatic heterocycles. The Bertz CT molecular complexity index is 972. The molecule has 0 radical (unpaired) electrons. The summed E-state index contributed by atoms with van der Waals surface area (Å²) in [5.41, 5.74) is 2.11. The smallest absolute Gasteiger partial charge is 0.236 e. The van der Waals surface area contributed by atoms with Crippen molar-refractivity contribution in [3.8, 4) is 10.8 Å². The lowest BCUT2D eigenvalue weighted by atomic mass is 10.0. The van der Waals surface area contributed by atoms with Crippen LogP contribution in [0.5, 0.6) is 0 Å². The lowest BCUT2D eigenvalue weighted by molar-refractivity contribution is 0.138. The van der Waals surface area contributed by atoms with Crippen LogP contribution in [0.1, 0.15) is 36.0 Å². The number of thiophene rings is 1. The molecule has 0 amide bonds. The number of benzene rings is 1. The number of piperidine rings is 1. The highest BCUT2D eigenvalue weighted by atomic mass is 32.1. The van der Waals surface area contributed by atoms with Crippen molar-refractivity contribution in [2.45, 2.75) is 31.8 Å². The van der Waals surface area contributed by atoms with E-state index in [1.165, 1.54) is 22.5 Å².